The van der Waals surface area contributed by atoms with Crippen LogP contribution in [0.3, 0.4) is 0 Å². The normalized spacial score (nSPS) is 20.0. The number of nitrogens with zero attached hydrogens (tertiary/aromatic N) is 1. The van der Waals surface area contributed by atoms with Crippen molar-refractivity contribution in [3.05, 3.63) is 42.3 Å². The molecule has 0 radical (unpaired) electrons. The molecule has 3 rings (SSSR count). The van der Waals surface area contributed by atoms with E-state index in [1.165, 1.54) is 6.26 Å². The Hall–Kier alpha value is -2.63. The number of benzene rings is 1. The van der Waals surface area contributed by atoms with Crippen LogP contribution in [0, 0.1) is 11.8 Å². The number of carbonyl (C=O) groups excluding carboxylic acids is 1. The maximum Gasteiger partial charge on any atom is 0.307 e. The number of rotatable bonds is 5. The van der Waals surface area contributed by atoms with E-state index in [1.807, 2.05) is 30.3 Å². The summed E-state index contributed by atoms with van der Waals surface area (Å²) < 4.78 is 5.36. The second-order valence-corrected chi connectivity index (χ2v) is 5.01. The average Bonchev–Trinajstić information content (AvgIpc) is 3.17. The van der Waals surface area contributed by atoms with Crippen molar-refractivity contribution in [2.24, 2.45) is 11.8 Å². The fourth-order valence-corrected chi connectivity index (χ4v) is 2.17. The lowest BCUT2D eigenvalue weighted by atomic mass is 10.2. The van der Waals surface area contributed by atoms with Crippen LogP contribution < -0.4 is 5.32 Å². The average molecular weight is 286 g/mol. The third-order valence-corrected chi connectivity index (χ3v) is 3.46. The molecule has 0 aliphatic heterocycles. The van der Waals surface area contributed by atoms with Gasteiger partial charge >= 0.3 is 5.97 Å². The van der Waals surface area contributed by atoms with E-state index in [1.54, 1.807) is 0 Å². The Morgan fingerprint density at radius 2 is 2.05 bits per heavy atom. The monoisotopic (exact) mass is 286 g/mol. The second-order valence-electron chi connectivity index (χ2n) is 5.01. The number of carbonyl (C=O) groups is 2. The van der Waals surface area contributed by atoms with E-state index in [0.717, 1.165) is 5.56 Å². The minimum absolute atomic E-state index is 0.234. The molecule has 1 aromatic carbocycles. The van der Waals surface area contributed by atoms with Crippen LogP contribution in [0.1, 0.15) is 12.1 Å². The number of nitrogens with one attached hydrogen (secondary N) is 1. The summed E-state index contributed by atoms with van der Waals surface area (Å²) in [6.07, 6.45) is 1.90. The molecule has 2 atom stereocenters. The molecular weight excluding hydrogens is 272 g/mol. The SMILES string of the molecule is O=C(O)[C@H]1C[C@@H]1C(=O)NCc1coc(-c2ccccc2)n1. The van der Waals surface area contributed by atoms with Crippen LogP contribution >= 0.6 is 0 Å². The number of carboxylic acids is 1. The van der Waals surface area contributed by atoms with Gasteiger partial charge in [0.25, 0.3) is 0 Å². The second kappa shape index (κ2) is 5.40. The third kappa shape index (κ3) is 2.94. The summed E-state index contributed by atoms with van der Waals surface area (Å²) in [5.41, 5.74) is 1.47. The predicted octanol–water partition coefficient (Wildman–Crippen LogP) is 1.68. The first kappa shape index (κ1) is 13.4. The van der Waals surface area contributed by atoms with Crippen molar-refractivity contribution in [3.63, 3.8) is 0 Å². The highest BCUT2D eigenvalue weighted by molar-refractivity contribution is 5.89. The Kier molecular flexibility index (Phi) is 3.43. The predicted molar refractivity (Wildman–Crippen MR) is 73.0 cm³/mol. The number of oxazole rings is 1. The Morgan fingerprint density at radius 3 is 2.71 bits per heavy atom. The van der Waals surface area contributed by atoms with Crippen molar-refractivity contribution in [3.8, 4) is 11.5 Å². The van der Waals surface area contributed by atoms with E-state index in [-0.39, 0.29) is 12.5 Å². The van der Waals surface area contributed by atoms with Crippen LogP contribution in [0.15, 0.2) is 41.0 Å². The number of hydrogen-bond donors (Lipinski definition) is 2. The molecule has 1 aliphatic rings. The van der Waals surface area contributed by atoms with Gasteiger partial charge in [0.1, 0.15) is 6.26 Å². The van der Waals surface area contributed by atoms with Gasteiger partial charge in [0.2, 0.25) is 11.8 Å². The maximum atomic E-state index is 11.7. The lowest BCUT2D eigenvalue weighted by molar-refractivity contribution is -0.140. The molecule has 1 fully saturated rings. The molecule has 1 heterocycles. The van der Waals surface area contributed by atoms with Gasteiger partial charge in [-0.15, -0.1) is 0 Å². The van der Waals surface area contributed by atoms with E-state index in [0.29, 0.717) is 18.0 Å². The maximum absolute atomic E-state index is 11.7. The number of amides is 1. The fraction of sp³-hybridized carbons (Fsp3) is 0.267. The molecule has 1 aromatic heterocycles. The van der Waals surface area contributed by atoms with Gasteiger partial charge in [0.15, 0.2) is 0 Å². The summed E-state index contributed by atoms with van der Waals surface area (Å²) in [4.78, 5) is 26.7. The van der Waals surface area contributed by atoms with Gasteiger partial charge in [0, 0.05) is 5.56 Å². The van der Waals surface area contributed by atoms with Gasteiger partial charge in [0.05, 0.1) is 24.1 Å². The van der Waals surface area contributed by atoms with Crippen LogP contribution in [0.4, 0.5) is 0 Å². The highest BCUT2D eigenvalue weighted by atomic mass is 16.4. The van der Waals surface area contributed by atoms with Gasteiger partial charge in [-0.05, 0) is 18.6 Å². The van der Waals surface area contributed by atoms with Crippen LogP contribution in [-0.4, -0.2) is 22.0 Å². The van der Waals surface area contributed by atoms with Gasteiger partial charge in [-0.25, -0.2) is 4.98 Å². The molecule has 6 nitrogen and oxygen atoms in total. The number of aromatic nitrogens is 1. The van der Waals surface area contributed by atoms with Crippen molar-refractivity contribution in [1.82, 2.24) is 10.3 Å². The molecular formula is C15H14N2O4. The summed E-state index contributed by atoms with van der Waals surface area (Å²) in [5, 5.41) is 11.5. The number of carboxylic acid groups (broad SMARTS) is 1. The van der Waals surface area contributed by atoms with Crippen LogP contribution in [-0.2, 0) is 16.1 Å². The molecule has 1 aliphatic carbocycles. The molecule has 6 heteroatoms. The summed E-state index contributed by atoms with van der Waals surface area (Å²) in [7, 11) is 0. The van der Waals surface area contributed by atoms with Crippen molar-refractivity contribution in [2.45, 2.75) is 13.0 Å². The summed E-state index contributed by atoms with van der Waals surface area (Å²) in [5.74, 6) is -1.62. The molecule has 21 heavy (non-hydrogen) atoms. The van der Waals surface area contributed by atoms with E-state index in [4.69, 9.17) is 9.52 Å². The molecule has 2 aromatic rings. The zero-order chi connectivity index (χ0) is 14.8. The smallest absolute Gasteiger partial charge is 0.307 e. The van der Waals surface area contributed by atoms with Gasteiger partial charge < -0.3 is 14.8 Å². The highest BCUT2D eigenvalue weighted by Gasteiger charge is 2.48. The lowest BCUT2D eigenvalue weighted by Gasteiger charge is -2.00. The first-order valence-corrected chi connectivity index (χ1v) is 6.65. The largest absolute Gasteiger partial charge is 0.481 e. The molecule has 1 saturated carbocycles. The first-order chi connectivity index (χ1) is 10.1. The molecule has 0 spiro atoms. The molecule has 0 saturated heterocycles. The summed E-state index contributed by atoms with van der Waals surface area (Å²) >= 11 is 0. The third-order valence-electron chi connectivity index (χ3n) is 3.46. The zero-order valence-corrected chi connectivity index (χ0v) is 11.2. The standard InChI is InChI=1S/C15H14N2O4/c18-13(11-6-12(11)15(19)20)16-7-10-8-21-14(17-10)9-4-2-1-3-5-9/h1-5,8,11-12H,6-7H2,(H,16,18)(H,19,20)/t11-,12-/m0/s1. The Balaban J connectivity index is 1.56. The highest BCUT2D eigenvalue weighted by Crippen LogP contribution is 2.38. The van der Waals surface area contributed by atoms with Crippen molar-refractivity contribution < 1.29 is 19.1 Å². The van der Waals surface area contributed by atoms with E-state index >= 15 is 0 Å². The zero-order valence-electron chi connectivity index (χ0n) is 11.2. The lowest BCUT2D eigenvalue weighted by Crippen LogP contribution is -2.26. The Bertz CT molecular complexity index is 665. The molecule has 1 amide bonds. The van der Waals surface area contributed by atoms with E-state index < -0.39 is 17.8 Å². The summed E-state index contributed by atoms with van der Waals surface area (Å²) in [6, 6.07) is 9.45. The van der Waals surface area contributed by atoms with Gasteiger partial charge in [-0.1, -0.05) is 18.2 Å². The van der Waals surface area contributed by atoms with Crippen molar-refractivity contribution >= 4 is 11.9 Å². The topological polar surface area (TPSA) is 92.4 Å². The minimum Gasteiger partial charge on any atom is -0.481 e. The Morgan fingerprint density at radius 1 is 1.29 bits per heavy atom. The quantitative estimate of drug-likeness (QED) is 0.872. The van der Waals surface area contributed by atoms with Crippen molar-refractivity contribution in [1.29, 1.82) is 0 Å². The minimum atomic E-state index is -0.914. The number of hydrogen-bond acceptors (Lipinski definition) is 4. The van der Waals surface area contributed by atoms with Gasteiger partial charge in [-0.3, -0.25) is 9.59 Å². The fourth-order valence-electron chi connectivity index (χ4n) is 2.17. The van der Waals surface area contributed by atoms with E-state index in [9.17, 15) is 9.59 Å². The van der Waals surface area contributed by atoms with Crippen LogP contribution in [0.5, 0.6) is 0 Å². The molecule has 0 bridgehead atoms. The van der Waals surface area contributed by atoms with Gasteiger partial charge in [-0.2, -0.15) is 0 Å². The molecule has 0 unspecified atom stereocenters. The van der Waals surface area contributed by atoms with Crippen LogP contribution in [0.2, 0.25) is 0 Å². The first-order valence-electron chi connectivity index (χ1n) is 6.65. The molecule has 108 valence electrons. The summed E-state index contributed by atoms with van der Waals surface area (Å²) in [6.45, 7) is 0.234. The van der Waals surface area contributed by atoms with Crippen LogP contribution in [0.25, 0.3) is 11.5 Å². The molecule has 2 N–H and O–H groups in total. The van der Waals surface area contributed by atoms with Crippen molar-refractivity contribution in [2.75, 3.05) is 0 Å². The Labute approximate surface area is 120 Å². The number of aliphatic carboxylic acids is 1. The van der Waals surface area contributed by atoms with E-state index in [2.05, 4.69) is 10.3 Å².